The van der Waals surface area contributed by atoms with Crippen molar-refractivity contribution in [2.75, 3.05) is 0 Å². The molecular formula is C42H24N4O2. The van der Waals surface area contributed by atoms with Crippen molar-refractivity contribution in [2.24, 2.45) is 0 Å². The minimum absolute atomic E-state index is 0.563. The molecule has 10 aromatic rings. The molecule has 3 heterocycles. The van der Waals surface area contributed by atoms with Gasteiger partial charge in [-0.3, -0.25) is 0 Å². The lowest BCUT2D eigenvalue weighted by Crippen LogP contribution is -2.00. The average molecular weight is 617 g/mol. The van der Waals surface area contributed by atoms with Crippen molar-refractivity contribution in [1.82, 2.24) is 19.9 Å². The van der Waals surface area contributed by atoms with Gasteiger partial charge in [-0.2, -0.15) is 0 Å². The Morgan fingerprint density at radius 3 is 1.94 bits per heavy atom. The number of rotatable bonds is 4. The molecule has 10 rings (SSSR count). The molecule has 0 N–H and O–H groups in total. The molecule has 0 aliphatic rings. The summed E-state index contributed by atoms with van der Waals surface area (Å²) < 4.78 is 12.6. The quantitative estimate of drug-likeness (QED) is 0.183. The number of benzene rings is 7. The first-order valence-electron chi connectivity index (χ1n) is 15.8. The Morgan fingerprint density at radius 2 is 1.08 bits per heavy atom. The third-order valence-corrected chi connectivity index (χ3v) is 8.94. The van der Waals surface area contributed by atoms with Gasteiger partial charge in [0.05, 0.1) is 0 Å². The molecule has 7 aromatic carbocycles. The van der Waals surface area contributed by atoms with Gasteiger partial charge in [-0.25, -0.2) is 19.9 Å². The van der Waals surface area contributed by atoms with Gasteiger partial charge in [-0.15, -0.1) is 0 Å². The highest BCUT2D eigenvalue weighted by atomic mass is 16.4. The number of hydrogen-bond acceptors (Lipinski definition) is 6. The van der Waals surface area contributed by atoms with E-state index < -0.39 is 0 Å². The van der Waals surface area contributed by atoms with Gasteiger partial charge >= 0.3 is 0 Å². The van der Waals surface area contributed by atoms with Gasteiger partial charge in [0.25, 0.3) is 0 Å². The minimum Gasteiger partial charge on any atom is -0.456 e. The predicted molar refractivity (Wildman–Crippen MR) is 191 cm³/mol. The summed E-state index contributed by atoms with van der Waals surface area (Å²) in [6.07, 6.45) is 0. The summed E-state index contributed by atoms with van der Waals surface area (Å²) in [4.78, 5) is 19.9. The van der Waals surface area contributed by atoms with E-state index in [2.05, 4.69) is 54.6 Å². The molecule has 0 unspecified atom stereocenters. The van der Waals surface area contributed by atoms with Gasteiger partial charge in [0, 0.05) is 39.1 Å². The molecule has 0 saturated heterocycles. The van der Waals surface area contributed by atoms with E-state index in [1.807, 2.05) is 91.0 Å². The van der Waals surface area contributed by atoms with Crippen LogP contribution in [0.15, 0.2) is 154 Å². The highest BCUT2D eigenvalue weighted by molar-refractivity contribution is 6.14. The lowest BCUT2D eigenvalue weighted by molar-refractivity contribution is 0.620. The number of hydrogen-bond donors (Lipinski definition) is 0. The summed E-state index contributed by atoms with van der Waals surface area (Å²) in [6.45, 7) is 0. The maximum absolute atomic E-state index is 6.40. The molecule has 0 radical (unpaired) electrons. The molecule has 0 aliphatic heterocycles. The molecular weight excluding hydrogens is 592 g/mol. The molecule has 0 bridgehead atoms. The smallest absolute Gasteiger partial charge is 0.227 e. The Bertz CT molecular complexity index is 2840. The zero-order valence-corrected chi connectivity index (χ0v) is 25.5. The maximum Gasteiger partial charge on any atom is 0.227 e. The van der Waals surface area contributed by atoms with Crippen LogP contribution in [0.2, 0.25) is 0 Å². The zero-order chi connectivity index (χ0) is 31.6. The van der Waals surface area contributed by atoms with Crippen LogP contribution in [-0.2, 0) is 0 Å². The Balaban J connectivity index is 1.18. The second-order valence-corrected chi connectivity index (χ2v) is 11.9. The molecule has 0 saturated carbocycles. The second kappa shape index (κ2) is 10.4. The summed E-state index contributed by atoms with van der Waals surface area (Å²) in [6, 6.07) is 49.1. The van der Waals surface area contributed by atoms with Crippen LogP contribution in [-0.4, -0.2) is 19.9 Å². The number of fused-ring (bicyclic) bond motifs is 7. The van der Waals surface area contributed by atoms with Gasteiger partial charge in [0.2, 0.25) is 5.89 Å². The van der Waals surface area contributed by atoms with Crippen molar-refractivity contribution in [3.05, 3.63) is 146 Å². The van der Waals surface area contributed by atoms with E-state index in [4.69, 9.17) is 28.8 Å². The van der Waals surface area contributed by atoms with Gasteiger partial charge in [0.1, 0.15) is 16.7 Å². The van der Waals surface area contributed by atoms with E-state index >= 15 is 0 Å². The summed E-state index contributed by atoms with van der Waals surface area (Å²) in [5, 5.41) is 6.57. The monoisotopic (exact) mass is 616 g/mol. The van der Waals surface area contributed by atoms with Crippen LogP contribution < -0.4 is 0 Å². The molecule has 0 amide bonds. The van der Waals surface area contributed by atoms with Crippen LogP contribution in [0.3, 0.4) is 0 Å². The van der Waals surface area contributed by atoms with Gasteiger partial charge in [0.15, 0.2) is 23.1 Å². The Labute approximate surface area is 274 Å². The lowest BCUT2D eigenvalue weighted by Gasteiger charge is -2.10. The van der Waals surface area contributed by atoms with Gasteiger partial charge in [-0.1, -0.05) is 109 Å². The molecule has 0 spiro atoms. The maximum atomic E-state index is 6.40. The van der Waals surface area contributed by atoms with Crippen LogP contribution in [0.4, 0.5) is 0 Å². The molecule has 6 nitrogen and oxygen atoms in total. The molecule has 0 fully saturated rings. The molecule has 6 heteroatoms. The van der Waals surface area contributed by atoms with Crippen LogP contribution in [0, 0.1) is 0 Å². The van der Waals surface area contributed by atoms with E-state index in [0.29, 0.717) is 28.9 Å². The third kappa shape index (κ3) is 4.27. The van der Waals surface area contributed by atoms with Crippen molar-refractivity contribution in [3.8, 4) is 45.6 Å². The molecule has 224 valence electrons. The normalized spacial score (nSPS) is 11.8. The van der Waals surface area contributed by atoms with Crippen molar-refractivity contribution in [3.63, 3.8) is 0 Å². The van der Waals surface area contributed by atoms with Crippen LogP contribution in [0.1, 0.15) is 0 Å². The standard InChI is InChI=1S/C42H24N4O2/c1-3-11-26(12-4-1)39-44-40(29-20-21-31-28(22-29)19-18-25-10-7-8-15-30(25)31)46-41(45-39)32-16-9-17-35-38(32)33-23-37-34(24-36(33)47-35)43-42(48-37)27-13-5-2-6-14-27/h1-24H. The van der Waals surface area contributed by atoms with Crippen molar-refractivity contribution in [2.45, 2.75) is 0 Å². The zero-order valence-electron chi connectivity index (χ0n) is 25.5. The minimum atomic E-state index is 0.563. The van der Waals surface area contributed by atoms with Gasteiger partial charge < -0.3 is 8.83 Å². The average Bonchev–Trinajstić information content (AvgIpc) is 3.74. The molecule has 0 aliphatic carbocycles. The first-order chi connectivity index (χ1) is 23.7. The van der Waals surface area contributed by atoms with Crippen LogP contribution in [0.5, 0.6) is 0 Å². The summed E-state index contributed by atoms with van der Waals surface area (Å²) in [5.41, 5.74) is 6.47. The van der Waals surface area contributed by atoms with Crippen molar-refractivity contribution >= 4 is 54.6 Å². The first-order valence-corrected chi connectivity index (χ1v) is 15.8. The highest BCUT2D eigenvalue weighted by Crippen LogP contribution is 2.39. The topological polar surface area (TPSA) is 77.8 Å². The summed E-state index contributed by atoms with van der Waals surface area (Å²) in [7, 11) is 0. The van der Waals surface area contributed by atoms with Gasteiger partial charge in [-0.05, 0) is 51.9 Å². The van der Waals surface area contributed by atoms with Crippen LogP contribution in [0.25, 0.3) is 100 Å². The lowest BCUT2D eigenvalue weighted by atomic mass is 10.00. The summed E-state index contributed by atoms with van der Waals surface area (Å²) >= 11 is 0. The molecule has 48 heavy (non-hydrogen) atoms. The highest BCUT2D eigenvalue weighted by Gasteiger charge is 2.20. The van der Waals surface area contributed by atoms with E-state index in [0.717, 1.165) is 55.1 Å². The third-order valence-electron chi connectivity index (χ3n) is 8.94. The van der Waals surface area contributed by atoms with E-state index in [-0.39, 0.29) is 0 Å². The van der Waals surface area contributed by atoms with E-state index in [1.165, 1.54) is 16.2 Å². The fourth-order valence-electron chi connectivity index (χ4n) is 6.63. The molecule has 0 atom stereocenters. The van der Waals surface area contributed by atoms with Crippen LogP contribution >= 0.6 is 0 Å². The fraction of sp³-hybridized carbons (Fsp3) is 0. The Hall–Kier alpha value is -6.66. The van der Waals surface area contributed by atoms with Crippen molar-refractivity contribution in [1.29, 1.82) is 0 Å². The Morgan fingerprint density at radius 1 is 0.375 bits per heavy atom. The first kappa shape index (κ1) is 26.5. The fourth-order valence-corrected chi connectivity index (χ4v) is 6.63. The van der Waals surface area contributed by atoms with Crippen molar-refractivity contribution < 1.29 is 8.83 Å². The number of oxazole rings is 1. The Kier molecular flexibility index (Phi) is 5.77. The number of aromatic nitrogens is 4. The predicted octanol–water partition coefficient (Wildman–Crippen LogP) is 10.9. The largest absolute Gasteiger partial charge is 0.456 e. The number of furan rings is 1. The van der Waals surface area contributed by atoms with E-state index in [1.54, 1.807) is 0 Å². The molecule has 3 aromatic heterocycles. The van der Waals surface area contributed by atoms with E-state index in [9.17, 15) is 0 Å². The second-order valence-electron chi connectivity index (χ2n) is 11.9. The number of nitrogens with zero attached hydrogens (tertiary/aromatic N) is 4. The summed E-state index contributed by atoms with van der Waals surface area (Å²) in [5.74, 6) is 2.34. The SMILES string of the molecule is c1ccc(-c2nc(-c3ccc4c(ccc5ccccc54)c3)nc(-c3cccc4oc5cc6nc(-c7ccccc7)oc6cc5c34)n2)cc1.